The monoisotopic (exact) mass is 372 g/mol. The van der Waals surface area contributed by atoms with Crippen LogP contribution in [0.5, 0.6) is 17.2 Å². The molecule has 27 heavy (non-hydrogen) atoms. The van der Waals surface area contributed by atoms with E-state index < -0.39 is 5.60 Å². The second-order valence-corrected chi connectivity index (χ2v) is 6.55. The first-order chi connectivity index (χ1) is 13.0. The molecule has 7 nitrogen and oxygen atoms in total. The molecule has 0 saturated heterocycles. The van der Waals surface area contributed by atoms with Crippen molar-refractivity contribution in [3.8, 4) is 17.2 Å². The van der Waals surface area contributed by atoms with Gasteiger partial charge in [-0.2, -0.15) is 0 Å². The van der Waals surface area contributed by atoms with Gasteiger partial charge in [0.2, 0.25) is 6.79 Å². The van der Waals surface area contributed by atoms with Crippen molar-refractivity contribution in [1.82, 2.24) is 10.6 Å². The fraction of sp³-hybridized carbons (Fsp3) is 0.350. The van der Waals surface area contributed by atoms with Crippen molar-refractivity contribution in [2.75, 3.05) is 27.0 Å². The molecule has 0 aliphatic carbocycles. The van der Waals surface area contributed by atoms with E-state index in [0.717, 1.165) is 11.3 Å². The van der Waals surface area contributed by atoms with E-state index >= 15 is 0 Å². The van der Waals surface area contributed by atoms with Gasteiger partial charge in [-0.3, -0.25) is 0 Å². The maximum absolute atomic E-state index is 12.0. The molecule has 1 heterocycles. The topological polar surface area (TPSA) is 89.1 Å². The molecule has 0 saturated carbocycles. The number of fused-ring (bicyclic) bond motifs is 1. The smallest absolute Gasteiger partial charge is 0.314 e. The molecule has 7 heteroatoms. The van der Waals surface area contributed by atoms with E-state index in [4.69, 9.17) is 14.2 Å². The van der Waals surface area contributed by atoms with Gasteiger partial charge in [-0.1, -0.05) is 18.2 Å². The molecule has 0 spiro atoms. The van der Waals surface area contributed by atoms with Gasteiger partial charge in [-0.25, -0.2) is 4.79 Å². The Morgan fingerprint density at radius 3 is 2.63 bits per heavy atom. The number of hydrogen-bond acceptors (Lipinski definition) is 5. The largest absolute Gasteiger partial charge is 0.497 e. The minimum atomic E-state index is -1.23. The second-order valence-electron chi connectivity index (χ2n) is 6.55. The SMILES string of the molecule is COc1ccc(CCNC(=O)NC[C@](C)(O)c2ccc3c(c2)OCO3)cc1. The fourth-order valence-corrected chi connectivity index (χ4v) is 2.76. The van der Waals surface area contributed by atoms with E-state index in [-0.39, 0.29) is 19.4 Å². The van der Waals surface area contributed by atoms with E-state index in [1.165, 1.54) is 0 Å². The van der Waals surface area contributed by atoms with Gasteiger partial charge in [-0.15, -0.1) is 0 Å². The van der Waals surface area contributed by atoms with Gasteiger partial charge >= 0.3 is 6.03 Å². The zero-order chi connectivity index (χ0) is 19.3. The van der Waals surface area contributed by atoms with E-state index in [1.807, 2.05) is 24.3 Å². The number of benzene rings is 2. The molecule has 1 atom stereocenters. The van der Waals surface area contributed by atoms with Crippen molar-refractivity contribution in [3.05, 3.63) is 53.6 Å². The van der Waals surface area contributed by atoms with Crippen molar-refractivity contribution < 1.29 is 24.1 Å². The quantitative estimate of drug-likeness (QED) is 0.693. The zero-order valence-electron chi connectivity index (χ0n) is 15.5. The van der Waals surface area contributed by atoms with Crippen molar-refractivity contribution in [1.29, 1.82) is 0 Å². The number of rotatable bonds is 7. The van der Waals surface area contributed by atoms with Crippen LogP contribution in [0.1, 0.15) is 18.1 Å². The summed E-state index contributed by atoms with van der Waals surface area (Å²) in [5, 5.41) is 16.2. The Morgan fingerprint density at radius 2 is 1.89 bits per heavy atom. The molecule has 0 unspecified atom stereocenters. The number of methoxy groups -OCH3 is 1. The van der Waals surface area contributed by atoms with Gasteiger partial charge in [0, 0.05) is 6.54 Å². The molecule has 1 aliphatic heterocycles. The van der Waals surface area contributed by atoms with Crippen LogP contribution >= 0.6 is 0 Å². The van der Waals surface area contributed by atoms with E-state index in [9.17, 15) is 9.90 Å². The molecular weight excluding hydrogens is 348 g/mol. The molecule has 3 N–H and O–H groups in total. The predicted molar refractivity (Wildman–Crippen MR) is 100 cm³/mol. The van der Waals surface area contributed by atoms with E-state index in [1.54, 1.807) is 32.2 Å². The highest BCUT2D eigenvalue weighted by Gasteiger charge is 2.26. The maximum Gasteiger partial charge on any atom is 0.314 e. The van der Waals surface area contributed by atoms with Gasteiger partial charge < -0.3 is 30.0 Å². The summed E-state index contributed by atoms with van der Waals surface area (Å²) < 4.78 is 15.7. The summed E-state index contributed by atoms with van der Waals surface area (Å²) in [6.45, 7) is 2.38. The number of carbonyl (C=O) groups excluding carboxylic acids is 1. The van der Waals surface area contributed by atoms with Crippen LogP contribution in [0.4, 0.5) is 4.79 Å². The predicted octanol–water partition coefficient (Wildman–Crippen LogP) is 2.17. The van der Waals surface area contributed by atoms with Crippen LogP contribution in [-0.2, 0) is 12.0 Å². The molecule has 2 aromatic rings. The molecule has 1 aliphatic rings. The maximum atomic E-state index is 12.0. The van der Waals surface area contributed by atoms with Gasteiger partial charge in [0.15, 0.2) is 11.5 Å². The minimum Gasteiger partial charge on any atom is -0.497 e. The first kappa shape index (κ1) is 18.8. The second kappa shape index (κ2) is 8.18. The summed E-state index contributed by atoms with van der Waals surface area (Å²) >= 11 is 0. The number of hydrogen-bond donors (Lipinski definition) is 3. The van der Waals surface area contributed by atoms with Gasteiger partial charge in [0.05, 0.1) is 13.7 Å². The minimum absolute atomic E-state index is 0.0704. The molecule has 0 fully saturated rings. The Labute approximate surface area is 158 Å². The normalized spacial score (nSPS) is 14.3. The number of nitrogens with one attached hydrogen (secondary N) is 2. The molecular formula is C20H24N2O5. The van der Waals surface area contributed by atoms with Crippen LogP contribution < -0.4 is 24.8 Å². The molecule has 0 bridgehead atoms. The molecule has 0 radical (unpaired) electrons. The number of aliphatic hydroxyl groups is 1. The van der Waals surface area contributed by atoms with Gasteiger partial charge in [0.1, 0.15) is 11.4 Å². The third-order valence-electron chi connectivity index (χ3n) is 4.45. The lowest BCUT2D eigenvalue weighted by atomic mass is 9.95. The van der Waals surface area contributed by atoms with Crippen LogP contribution in [0.25, 0.3) is 0 Å². The number of amides is 2. The van der Waals surface area contributed by atoms with Gasteiger partial charge in [0.25, 0.3) is 0 Å². The first-order valence-electron chi connectivity index (χ1n) is 8.75. The van der Waals surface area contributed by atoms with Crippen LogP contribution in [-0.4, -0.2) is 38.1 Å². The summed E-state index contributed by atoms with van der Waals surface area (Å²) in [6.07, 6.45) is 0.704. The zero-order valence-corrected chi connectivity index (χ0v) is 15.5. The molecule has 2 aromatic carbocycles. The Hall–Kier alpha value is -2.93. The summed E-state index contributed by atoms with van der Waals surface area (Å²) in [4.78, 5) is 12.0. The molecule has 3 rings (SSSR count). The number of urea groups is 1. The van der Waals surface area contributed by atoms with Crippen molar-refractivity contribution in [3.63, 3.8) is 0 Å². The lowest BCUT2D eigenvalue weighted by Crippen LogP contribution is -2.43. The highest BCUT2D eigenvalue weighted by Crippen LogP contribution is 2.35. The summed E-state index contributed by atoms with van der Waals surface area (Å²) in [6, 6.07) is 12.6. The number of carbonyl (C=O) groups is 1. The summed E-state index contributed by atoms with van der Waals surface area (Å²) in [5.74, 6) is 2.05. The van der Waals surface area contributed by atoms with E-state index in [0.29, 0.717) is 30.0 Å². The molecule has 0 aromatic heterocycles. The molecule has 144 valence electrons. The van der Waals surface area contributed by atoms with Crippen LogP contribution in [0.2, 0.25) is 0 Å². The van der Waals surface area contributed by atoms with Crippen molar-refractivity contribution in [2.24, 2.45) is 0 Å². The average molecular weight is 372 g/mol. The summed E-state index contributed by atoms with van der Waals surface area (Å²) in [7, 11) is 1.62. The third kappa shape index (κ3) is 4.83. The fourth-order valence-electron chi connectivity index (χ4n) is 2.76. The van der Waals surface area contributed by atoms with Crippen LogP contribution in [0.3, 0.4) is 0 Å². The Balaban J connectivity index is 1.45. The van der Waals surface area contributed by atoms with Crippen LogP contribution in [0.15, 0.2) is 42.5 Å². The van der Waals surface area contributed by atoms with Crippen LogP contribution in [0, 0.1) is 0 Å². The first-order valence-corrected chi connectivity index (χ1v) is 8.75. The lowest BCUT2D eigenvalue weighted by Gasteiger charge is -2.24. The molecule has 2 amide bonds. The highest BCUT2D eigenvalue weighted by atomic mass is 16.7. The van der Waals surface area contributed by atoms with Gasteiger partial charge in [-0.05, 0) is 48.7 Å². The van der Waals surface area contributed by atoms with E-state index in [2.05, 4.69) is 10.6 Å². The standard InChI is InChI=1S/C20H24N2O5/c1-20(24,15-5-8-17-18(11-15)27-13-26-17)12-22-19(23)21-10-9-14-3-6-16(25-2)7-4-14/h3-8,11,24H,9-10,12-13H2,1-2H3,(H2,21,22,23)/t20-/m0/s1. The van der Waals surface area contributed by atoms with Crippen molar-refractivity contribution in [2.45, 2.75) is 18.9 Å². The lowest BCUT2D eigenvalue weighted by molar-refractivity contribution is 0.0592. The van der Waals surface area contributed by atoms with Crippen molar-refractivity contribution >= 4 is 6.03 Å². The Bertz CT molecular complexity index is 789. The number of ether oxygens (including phenoxy) is 3. The third-order valence-corrected chi connectivity index (χ3v) is 4.45. The average Bonchev–Trinajstić information content (AvgIpc) is 3.15. The highest BCUT2D eigenvalue weighted by molar-refractivity contribution is 5.73. The summed E-state index contributed by atoms with van der Waals surface area (Å²) in [5.41, 5.74) is 0.516. The Morgan fingerprint density at radius 1 is 1.15 bits per heavy atom. The Kier molecular flexibility index (Phi) is 5.71.